The molecular weight excluding hydrogens is 565 g/mol. The van der Waals surface area contributed by atoms with Crippen LogP contribution in [0, 0.1) is 17.0 Å². The van der Waals surface area contributed by atoms with E-state index in [-0.39, 0.29) is 29.5 Å². The number of aromatic nitrogens is 1. The third-order valence-corrected chi connectivity index (χ3v) is 8.95. The van der Waals surface area contributed by atoms with Crippen molar-refractivity contribution in [2.24, 2.45) is 0 Å². The van der Waals surface area contributed by atoms with Gasteiger partial charge in [-0.2, -0.15) is 10.0 Å². The van der Waals surface area contributed by atoms with Gasteiger partial charge in [0.15, 0.2) is 0 Å². The van der Waals surface area contributed by atoms with Gasteiger partial charge in [-0.25, -0.2) is 14.2 Å². The molecule has 2 N–H and O–H groups in total. The first kappa shape index (κ1) is 28.9. The van der Waals surface area contributed by atoms with Gasteiger partial charge in [-0.1, -0.05) is 5.92 Å². The number of carbonyl (C=O) groups excluding carboxylic acids is 2. The SMILES string of the molecule is CS(C)(C)C#Cc1cnc(C(=O)N2CCc3cc(F)ccc32)cc1N1CCC(N2CCc3cc(O)ccc3NC2=O)CC1. The Labute approximate surface area is 253 Å². The van der Waals surface area contributed by atoms with Gasteiger partial charge in [0.1, 0.15) is 17.3 Å². The molecule has 3 amide bonds. The molecule has 4 heterocycles. The molecule has 3 aliphatic rings. The summed E-state index contributed by atoms with van der Waals surface area (Å²) in [5.74, 6) is 3.01. The molecule has 2 aromatic carbocycles. The van der Waals surface area contributed by atoms with Gasteiger partial charge in [0.2, 0.25) is 0 Å². The first-order valence-corrected chi connectivity index (χ1v) is 17.4. The molecule has 0 atom stereocenters. The number of carbonyl (C=O) groups is 2. The third-order valence-electron chi connectivity index (χ3n) is 8.23. The van der Waals surface area contributed by atoms with Crippen LogP contribution in [0.3, 0.4) is 0 Å². The van der Waals surface area contributed by atoms with Crippen LogP contribution in [0.15, 0.2) is 48.7 Å². The number of halogens is 1. The fraction of sp³-hybridized carbons (Fsp3) is 0.364. The van der Waals surface area contributed by atoms with E-state index in [9.17, 15) is 19.1 Å². The lowest BCUT2D eigenvalue weighted by atomic mass is 10.0. The minimum atomic E-state index is -1.08. The van der Waals surface area contributed by atoms with E-state index in [1.807, 2.05) is 11.0 Å². The predicted octanol–water partition coefficient (Wildman–Crippen LogP) is 5.19. The van der Waals surface area contributed by atoms with E-state index in [0.29, 0.717) is 44.7 Å². The number of urea groups is 1. The largest absolute Gasteiger partial charge is 0.508 e. The lowest BCUT2D eigenvalue weighted by Crippen LogP contribution is -2.49. The van der Waals surface area contributed by atoms with Crippen LogP contribution in [0.25, 0.3) is 0 Å². The first-order chi connectivity index (χ1) is 20.6. The Bertz CT molecular complexity index is 1650. The number of phenols is 1. The minimum absolute atomic E-state index is 0.0668. The van der Waals surface area contributed by atoms with Gasteiger partial charge in [0.05, 0.1) is 11.3 Å². The number of hydrogen-bond acceptors (Lipinski definition) is 5. The lowest BCUT2D eigenvalue weighted by molar-refractivity contribution is 0.0984. The summed E-state index contributed by atoms with van der Waals surface area (Å²) in [6, 6.07) is 11.4. The summed E-state index contributed by atoms with van der Waals surface area (Å²) in [6.07, 6.45) is 10.9. The zero-order valence-corrected chi connectivity index (χ0v) is 25.5. The van der Waals surface area contributed by atoms with Gasteiger partial charge in [0, 0.05) is 49.8 Å². The number of piperidine rings is 1. The van der Waals surface area contributed by atoms with Crippen LogP contribution in [0.4, 0.5) is 26.2 Å². The van der Waals surface area contributed by atoms with Gasteiger partial charge in [-0.05, 0) is 103 Å². The minimum Gasteiger partial charge on any atom is -0.508 e. The molecule has 224 valence electrons. The van der Waals surface area contributed by atoms with E-state index in [1.165, 1.54) is 12.1 Å². The van der Waals surface area contributed by atoms with E-state index in [0.717, 1.165) is 46.6 Å². The number of amides is 3. The molecule has 8 nitrogen and oxygen atoms in total. The summed E-state index contributed by atoms with van der Waals surface area (Å²) in [4.78, 5) is 37.2. The van der Waals surface area contributed by atoms with Crippen LogP contribution < -0.4 is 15.1 Å². The van der Waals surface area contributed by atoms with Crippen molar-refractivity contribution >= 4 is 39.0 Å². The number of hydrogen-bond donors (Lipinski definition) is 2. The van der Waals surface area contributed by atoms with Gasteiger partial charge in [-0.3, -0.25) is 4.79 Å². The molecule has 0 unspecified atom stereocenters. The van der Waals surface area contributed by atoms with Crippen molar-refractivity contribution in [1.29, 1.82) is 0 Å². The molecule has 0 saturated carbocycles. The van der Waals surface area contributed by atoms with E-state index < -0.39 is 10.0 Å². The maximum atomic E-state index is 13.8. The van der Waals surface area contributed by atoms with E-state index >= 15 is 0 Å². The first-order valence-electron chi connectivity index (χ1n) is 14.5. The average Bonchev–Trinajstić information content (AvgIpc) is 3.32. The van der Waals surface area contributed by atoms with E-state index in [1.54, 1.807) is 35.4 Å². The maximum Gasteiger partial charge on any atom is 0.322 e. The molecule has 6 rings (SSSR count). The van der Waals surface area contributed by atoms with Crippen LogP contribution in [-0.4, -0.2) is 77.9 Å². The second-order valence-corrected chi connectivity index (χ2v) is 15.9. The zero-order chi connectivity index (χ0) is 30.3. The number of benzene rings is 2. The van der Waals surface area contributed by atoms with Crippen LogP contribution in [0.2, 0.25) is 0 Å². The molecular formula is C33H36FN5O3S. The fourth-order valence-corrected chi connectivity index (χ4v) is 6.47. The summed E-state index contributed by atoms with van der Waals surface area (Å²) in [7, 11) is -1.08. The molecule has 0 spiro atoms. The molecule has 1 fully saturated rings. The third kappa shape index (κ3) is 6.13. The normalized spacial score (nSPS) is 17.4. The number of nitrogens with one attached hydrogen (secondary N) is 1. The number of phenolic OH excluding ortho intramolecular Hbond substituents is 1. The summed E-state index contributed by atoms with van der Waals surface area (Å²) in [5.41, 5.74) is 5.20. The van der Waals surface area contributed by atoms with Gasteiger partial charge < -0.3 is 25.1 Å². The molecule has 0 radical (unpaired) electrons. The number of anilines is 3. The Morgan fingerprint density at radius 3 is 2.53 bits per heavy atom. The second-order valence-electron chi connectivity index (χ2n) is 12.1. The number of nitrogens with zero attached hydrogens (tertiary/aromatic N) is 4. The van der Waals surface area contributed by atoms with Gasteiger partial charge in [0.25, 0.3) is 5.91 Å². The van der Waals surface area contributed by atoms with Crippen LogP contribution in [0.5, 0.6) is 5.75 Å². The van der Waals surface area contributed by atoms with Gasteiger partial charge >= 0.3 is 6.03 Å². The van der Waals surface area contributed by atoms with Crippen molar-refractivity contribution < 1.29 is 19.1 Å². The Morgan fingerprint density at radius 2 is 1.77 bits per heavy atom. The van der Waals surface area contributed by atoms with Crippen molar-refractivity contribution in [3.05, 3.63) is 76.9 Å². The number of fused-ring (bicyclic) bond motifs is 2. The van der Waals surface area contributed by atoms with Crippen LogP contribution in [-0.2, 0) is 12.8 Å². The Morgan fingerprint density at radius 1 is 1.00 bits per heavy atom. The van der Waals surface area contributed by atoms with E-state index in [4.69, 9.17) is 0 Å². The number of rotatable bonds is 3. The summed E-state index contributed by atoms with van der Waals surface area (Å²) < 4.78 is 13.8. The fourth-order valence-electron chi connectivity index (χ4n) is 6.05. The number of aromatic hydroxyl groups is 1. The Kier molecular flexibility index (Phi) is 7.69. The molecule has 3 aromatic rings. The standard InChI is InChI=1S/C33H36FN5O3S/c1-43(2,3)17-12-24-21-35-29(32(41)39-16-9-23-18-25(34)4-7-30(23)39)20-31(24)37-13-10-26(11-14-37)38-15-8-22-19-27(40)5-6-28(22)36-33(38)42/h4-7,18-21,26,40H,8-11,13-16H2,1-3H3,(H,36,42). The highest BCUT2D eigenvalue weighted by molar-refractivity contribution is 8.36. The zero-order valence-electron chi connectivity index (χ0n) is 24.7. The van der Waals surface area contributed by atoms with Crippen molar-refractivity contribution in [3.8, 4) is 16.9 Å². The molecule has 0 aliphatic carbocycles. The lowest BCUT2D eigenvalue weighted by Gasteiger charge is -2.39. The van der Waals surface area contributed by atoms with Crippen molar-refractivity contribution in [1.82, 2.24) is 9.88 Å². The van der Waals surface area contributed by atoms with Crippen LogP contribution in [0.1, 0.15) is 40.0 Å². The molecule has 1 aromatic heterocycles. The molecule has 0 bridgehead atoms. The van der Waals surface area contributed by atoms with Crippen molar-refractivity contribution in [2.75, 3.05) is 60.1 Å². The topological polar surface area (TPSA) is 89.0 Å². The monoisotopic (exact) mass is 601 g/mol. The summed E-state index contributed by atoms with van der Waals surface area (Å²) in [6.45, 7) is 2.45. The Hall–Kier alpha value is -4.23. The maximum absolute atomic E-state index is 13.8. The summed E-state index contributed by atoms with van der Waals surface area (Å²) in [5, 5.41) is 16.3. The van der Waals surface area contributed by atoms with Crippen LogP contribution >= 0.6 is 10.0 Å². The second kappa shape index (κ2) is 11.5. The average molecular weight is 602 g/mol. The van der Waals surface area contributed by atoms with E-state index in [2.05, 4.69) is 45.1 Å². The highest BCUT2D eigenvalue weighted by atomic mass is 32.3. The highest BCUT2D eigenvalue weighted by Gasteiger charge is 2.32. The summed E-state index contributed by atoms with van der Waals surface area (Å²) >= 11 is 0. The molecule has 3 aliphatic heterocycles. The number of pyridine rings is 1. The Balaban J connectivity index is 1.22. The van der Waals surface area contributed by atoms with Crippen molar-refractivity contribution in [3.63, 3.8) is 0 Å². The quantitative estimate of drug-likeness (QED) is 0.319. The smallest absolute Gasteiger partial charge is 0.322 e. The molecule has 10 heteroatoms. The highest BCUT2D eigenvalue weighted by Crippen LogP contribution is 2.35. The predicted molar refractivity (Wildman–Crippen MR) is 171 cm³/mol. The van der Waals surface area contributed by atoms with Gasteiger partial charge in [-0.15, -0.1) is 0 Å². The molecule has 1 saturated heterocycles. The van der Waals surface area contributed by atoms with Crippen molar-refractivity contribution in [2.45, 2.75) is 31.7 Å². The molecule has 43 heavy (non-hydrogen) atoms.